The van der Waals surface area contributed by atoms with Gasteiger partial charge in [0.15, 0.2) is 0 Å². The lowest BCUT2D eigenvalue weighted by molar-refractivity contribution is -0.140. The highest BCUT2D eigenvalue weighted by molar-refractivity contribution is 7.92. The number of amides is 2. The van der Waals surface area contributed by atoms with E-state index in [0.29, 0.717) is 18.0 Å². The molecule has 186 valence electrons. The van der Waals surface area contributed by atoms with Crippen LogP contribution in [0.2, 0.25) is 5.02 Å². The first-order valence-corrected chi connectivity index (χ1v) is 13.2. The number of hydrogen-bond acceptors (Lipinski definition) is 4. The zero-order valence-electron chi connectivity index (χ0n) is 19.8. The molecular formula is C24H31ClFN3O4S. The highest BCUT2D eigenvalue weighted by Gasteiger charge is 2.31. The Bertz CT molecular complexity index is 1080. The third-order valence-electron chi connectivity index (χ3n) is 5.13. The van der Waals surface area contributed by atoms with E-state index in [1.807, 2.05) is 13.8 Å². The first-order chi connectivity index (χ1) is 15.9. The first-order valence-electron chi connectivity index (χ1n) is 11.0. The van der Waals surface area contributed by atoms with Crippen LogP contribution in [0.3, 0.4) is 0 Å². The molecule has 0 heterocycles. The normalized spacial score (nSPS) is 12.3. The van der Waals surface area contributed by atoms with Crippen molar-refractivity contribution < 1.29 is 22.4 Å². The van der Waals surface area contributed by atoms with Crippen LogP contribution in [0.4, 0.5) is 10.1 Å². The van der Waals surface area contributed by atoms with Crippen molar-refractivity contribution >= 4 is 39.1 Å². The van der Waals surface area contributed by atoms with E-state index in [2.05, 4.69) is 5.32 Å². The molecule has 2 amide bonds. The molecule has 10 heteroatoms. The summed E-state index contributed by atoms with van der Waals surface area (Å²) in [6, 6.07) is 10.9. The summed E-state index contributed by atoms with van der Waals surface area (Å²) in [6.07, 6.45) is 1.30. The predicted octanol–water partition coefficient (Wildman–Crippen LogP) is 3.82. The molecule has 0 aliphatic rings. The minimum absolute atomic E-state index is 0.0879. The Morgan fingerprint density at radius 3 is 2.15 bits per heavy atom. The summed E-state index contributed by atoms with van der Waals surface area (Å²) in [7, 11) is -3.87. The molecular weight excluding hydrogens is 481 g/mol. The number of halogens is 2. The van der Waals surface area contributed by atoms with E-state index < -0.39 is 34.3 Å². The van der Waals surface area contributed by atoms with Crippen LogP contribution >= 0.6 is 11.6 Å². The second-order valence-electron chi connectivity index (χ2n) is 8.46. The van der Waals surface area contributed by atoms with Crippen LogP contribution in [0.1, 0.15) is 32.8 Å². The van der Waals surface area contributed by atoms with Crippen LogP contribution in [0.5, 0.6) is 0 Å². The maximum atomic E-state index is 13.5. The van der Waals surface area contributed by atoms with Crippen LogP contribution in [0, 0.1) is 11.7 Å². The summed E-state index contributed by atoms with van der Waals surface area (Å²) in [5.74, 6) is -1.18. The van der Waals surface area contributed by atoms with Crippen molar-refractivity contribution in [2.24, 2.45) is 5.92 Å². The molecule has 0 saturated heterocycles. The molecule has 0 aromatic heterocycles. The number of anilines is 1. The number of hydrogen-bond donors (Lipinski definition) is 1. The quantitative estimate of drug-likeness (QED) is 0.497. The average molecular weight is 512 g/mol. The van der Waals surface area contributed by atoms with Crippen LogP contribution in [0.15, 0.2) is 48.5 Å². The molecule has 34 heavy (non-hydrogen) atoms. The molecule has 0 fully saturated rings. The van der Waals surface area contributed by atoms with Gasteiger partial charge in [0.05, 0.1) is 11.9 Å². The van der Waals surface area contributed by atoms with Gasteiger partial charge in [0.2, 0.25) is 21.8 Å². The highest BCUT2D eigenvalue weighted by Crippen LogP contribution is 2.20. The summed E-state index contributed by atoms with van der Waals surface area (Å²) in [6.45, 7) is 5.71. The lowest BCUT2D eigenvalue weighted by Crippen LogP contribution is -2.52. The summed E-state index contributed by atoms with van der Waals surface area (Å²) < 4.78 is 39.3. The van der Waals surface area contributed by atoms with Gasteiger partial charge >= 0.3 is 0 Å². The number of sulfonamides is 1. The summed E-state index contributed by atoms with van der Waals surface area (Å²) in [4.78, 5) is 27.8. The topological polar surface area (TPSA) is 86.8 Å². The average Bonchev–Trinajstić information content (AvgIpc) is 2.77. The van der Waals surface area contributed by atoms with E-state index in [0.717, 1.165) is 28.3 Å². The Morgan fingerprint density at radius 1 is 1.06 bits per heavy atom. The van der Waals surface area contributed by atoms with Gasteiger partial charge in [-0.25, -0.2) is 12.8 Å². The molecule has 1 N–H and O–H groups in total. The first kappa shape index (κ1) is 27.6. The van der Waals surface area contributed by atoms with E-state index in [1.165, 1.54) is 17.0 Å². The molecule has 0 aliphatic heterocycles. The molecule has 7 nitrogen and oxygen atoms in total. The molecule has 0 aliphatic carbocycles. The Labute approximate surface area is 205 Å². The zero-order valence-corrected chi connectivity index (χ0v) is 21.4. The van der Waals surface area contributed by atoms with Crippen LogP contribution < -0.4 is 9.62 Å². The number of rotatable bonds is 11. The summed E-state index contributed by atoms with van der Waals surface area (Å²) >= 11 is 5.98. The van der Waals surface area contributed by atoms with Gasteiger partial charge in [0.1, 0.15) is 18.4 Å². The fraction of sp³-hybridized carbons (Fsp3) is 0.417. The summed E-state index contributed by atoms with van der Waals surface area (Å²) in [5.41, 5.74) is 0.890. The van der Waals surface area contributed by atoms with Gasteiger partial charge in [-0.3, -0.25) is 13.9 Å². The van der Waals surface area contributed by atoms with Crippen molar-refractivity contribution in [2.45, 2.75) is 39.8 Å². The predicted molar refractivity (Wildman–Crippen MR) is 133 cm³/mol. The number of nitrogens with zero attached hydrogens (tertiary/aromatic N) is 2. The van der Waals surface area contributed by atoms with E-state index in [1.54, 1.807) is 31.2 Å². The van der Waals surface area contributed by atoms with E-state index in [9.17, 15) is 22.4 Å². The van der Waals surface area contributed by atoms with E-state index >= 15 is 0 Å². The molecule has 0 spiro atoms. The van der Waals surface area contributed by atoms with Crippen molar-refractivity contribution in [3.63, 3.8) is 0 Å². The van der Waals surface area contributed by atoms with Crippen LogP contribution in [-0.4, -0.2) is 50.5 Å². The largest absolute Gasteiger partial charge is 0.354 e. The standard InChI is InChI=1S/C24H31ClFN3O4S/c1-5-22(24(31)27-14-17(2)3)28(15-18-6-8-19(25)9-7-18)23(30)16-29(34(4,32)33)21-12-10-20(26)11-13-21/h6-13,17,22H,5,14-16H2,1-4H3,(H,27,31). The molecule has 2 rings (SSSR count). The van der Waals surface area contributed by atoms with Gasteiger partial charge in [-0.2, -0.15) is 0 Å². The number of benzene rings is 2. The maximum Gasteiger partial charge on any atom is 0.244 e. The number of carbonyl (C=O) groups is 2. The van der Waals surface area contributed by atoms with Gasteiger partial charge in [0.25, 0.3) is 0 Å². The van der Waals surface area contributed by atoms with Crippen molar-refractivity contribution in [1.82, 2.24) is 10.2 Å². The minimum Gasteiger partial charge on any atom is -0.354 e. The zero-order chi connectivity index (χ0) is 25.5. The van der Waals surface area contributed by atoms with Crippen molar-refractivity contribution in [2.75, 3.05) is 23.7 Å². The minimum atomic E-state index is -3.87. The van der Waals surface area contributed by atoms with Gasteiger partial charge in [-0.05, 0) is 54.3 Å². The molecule has 1 unspecified atom stereocenters. The van der Waals surface area contributed by atoms with Gasteiger partial charge in [-0.1, -0.05) is 44.5 Å². The molecule has 0 saturated carbocycles. The third-order valence-corrected chi connectivity index (χ3v) is 6.52. The monoisotopic (exact) mass is 511 g/mol. The summed E-state index contributed by atoms with van der Waals surface area (Å²) in [5, 5.41) is 3.39. The molecule has 2 aromatic rings. The van der Waals surface area contributed by atoms with Gasteiger partial charge < -0.3 is 10.2 Å². The Kier molecular flexibility index (Phi) is 9.88. The highest BCUT2D eigenvalue weighted by atomic mass is 35.5. The fourth-order valence-electron chi connectivity index (χ4n) is 3.35. The van der Waals surface area contributed by atoms with E-state index in [-0.39, 0.29) is 24.1 Å². The smallest absolute Gasteiger partial charge is 0.244 e. The Balaban J connectivity index is 2.39. The molecule has 2 aromatic carbocycles. The Morgan fingerprint density at radius 2 is 1.65 bits per heavy atom. The second kappa shape index (κ2) is 12.2. The Hall–Kier alpha value is -2.65. The SMILES string of the molecule is CCC(C(=O)NCC(C)C)N(Cc1ccc(Cl)cc1)C(=O)CN(c1ccc(F)cc1)S(C)(=O)=O. The molecule has 1 atom stereocenters. The van der Waals surface area contributed by atoms with Crippen LogP contribution in [0.25, 0.3) is 0 Å². The van der Waals surface area contributed by atoms with Gasteiger partial charge in [-0.15, -0.1) is 0 Å². The maximum absolute atomic E-state index is 13.5. The lowest BCUT2D eigenvalue weighted by Gasteiger charge is -2.33. The van der Waals surface area contributed by atoms with Crippen molar-refractivity contribution in [3.8, 4) is 0 Å². The number of carbonyl (C=O) groups excluding carboxylic acids is 2. The van der Waals surface area contributed by atoms with Crippen LogP contribution in [-0.2, 0) is 26.2 Å². The van der Waals surface area contributed by atoms with E-state index in [4.69, 9.17) is 11.6 Å². The number of nitrogens with one attached hydrogen (secondary N) is 1. The van der Waals surface area contributed by atoms with Gasteiger partial charge in [0, 0.05) is 18.1 Å². The lowest BCUT2D eigenvalue weighted by atomic mass is 10.1. The fourth-order valence-corrected chi connectivity index (χ4v) is 4.33. The molecule has 0 radical (unpaired) electrons. The second-order valence-corrected chi connectivity index (χ2v) is 10.8. The van der Waals surface area contributed by atoms with Crippen molar-refractivity contribution in [1.29, 1.82) is 0 Å². The molecule has 0 bridgehead atoms. The van der Waals surface area contributed by atoms with Crippen molar-refractivity contribution in [3.05, 3.63) is 64.9 Å². The third kappa shape index (κ3) is 7.99.